The molecule has 1 fully saturated rings. The first-order chi connectivity index (χ1) is 9.13. The molecule has 1 aromatic carbocycles. The Bertz CT molecular complexity index is 425. The number of rotatable bonds is 4. The van der Waals surface area contributed by atoms with E-state index in [2.05, 4.69) is 40.0 Å². The van der Waals surface area contributed by atoms with E-state index in [-0.39, 0.29) is 5.82 Å². The third kappa shape index (κ3) is 3.77. The summed E-state index contributed by atoms with van der Waals surface area (Å²) < 4.78 is 14.1. The molecule has 106 valence electrons. The van der Waals surface area contributed by atoms with Crippen LogP contribution in [0.25, 0.3) is 0 Å². The van der Waals surface area contributed by atoms with Crippen molar-refractivity contribution in [3.05, 3.63) is 34.1 Å². The maximum Gasteiger partial charge on any atom is 0.137 e. The van der Waals surface area contributed by atoms with E-state index in [9.17, 15) is 4.39 Å². The molecule has 0 amide bonds. The van der Waals surface area contributed by atoms with Crippen LogP contribution >= 0.6 is 15.9 Å². The Morgan fingerprint density at radius 1 is 1.37 bits per heavy atom. The zero-order valence-corrected chi connectivity index (χ0v) is 13.2. The average Bonchev–Trinajstić information content (AvgIpc) is 2.43. The largest absolute Gasteiger partial charge is 0.311 e. The van der Waals surface area contributed by atoms with Crippen molar-refractivity contribution < 1.29 is 4.39 Å². The van der Waals surface area contributed by atoms with Crippen molar-refractivity contribution in [2.45, 2.75) is 45.3 Å². The number of nitrogens with zero attached hydrogens (tertiary/aromatic N) is 1. The fourth-order valence-corrected chi connectivity index (χ4v) is 2.92. The molecule has 1 aliphatic rings. The van der Waals surface area contributed by atoms with Crippen LogP contribution in [0.3, 0.4) is 0 Å². The van der Waals surface area contributed by atoms with Gasteiger partial charge in [0.25, 0.3) is 0 Å². The summed E-state index contributed by atoms with van der Waals surface area (Å²) in [6.45, 7) is 7.34. The molecule has 0 saturated carbocycles. The van der Waals surface area contributed by atoms with E-state index in [0.717, 1.165) is 38.0 Å². The predicted molar refractivity (Wildman–Crippen MR) is 80.7 cm³/mol. The van der Waals surface area contributed by atoms with Gasteiger partial charge in [-0.2, -0.15) is 0 Å². The molecule has 19 heavy (non-hydrogen) atoms. The molecular formula is C15H22BrFN2. The van der Waals surface area contributed by atoms with Crippen LogP contribution in [-0.2, 0) is 6.54 Å². The van der Waals surface area contributed by atoms with Gasteiger partial charge >= 0.3 is 0 Å². The van der Waals surface area contributed by atoms with Crippen molar-refractivity contribution in [2.24, 2.45) is 0 Å². The first kappa shape index (κ1) is 14.9. The van der Waals surface area contributed by atoms with Gasteiger partial charge in [-0.05, 0) is 46.5 Å². The normalized spacial score (nSPS) is 24.6. The molecule has 4 heteroatoms. The molecule has 0 spiro atoms. The Morgan fingerprint density at radius 2 is 2.16 bits per heavy atom. The van der Waals surface area contributed by atoms with Gasteiger partial charge < -0.3 is 5.32 Å². The number of benzene rings is 1. The lowest BCUT2D eigenvalue weighted by atomic mass is 10.0. The first-order valence-electron chi connectivity index (χ1n) is 7.05. The summed E-state index contributed by atoms with van der Waals surface area (Å²) in [6, 6.07) is 6.55. The SMILES string of the molecule is CCC1CN(Cc2ccc(Br)c(F)c2)C(CC)CN1. The third-order valence-corrected chi connectivity index (χ3v) is 4.59. The first-order valence-corrected chi connectivity index (χ1v) is 7.84. The summed E-state index contributed by atoms with van der Waals surface area (Å²) in [5, 5.41) is 3.58. The van der Waals surface area contributed by atoms with E-state index < -0.39 is 0 Å². The molecule has 0 aromatic heterocycles. The predicted octanol–water partition coefficient (Wildman–Crippen LogP) is 3.55. The van der Waals surface area contributed by atoms with E-state index in [1.54, 1.807) is 12.1 Å². The van der Waals surface area contributed by atoms with Gasteiger partial charge in [-0.15, -0.1) is 0 Å². The van der Waals surface area contributed by atoms with Gasteiger partial charge in [-0.3, -0.25) is 4.90 Å². The van der Waals surface area contributed by atoms with Gasteiger partial charge in [-0.25, -0.2) is 4.39 Å². The van der Waals surface area contributed by atoms with Gasteiger partial charge in [0.15, 0.2) is 0 Å². The van der Waals surface area contributed by atoms with Crippen LogP contribution in [0, 0.1) is 5.82 Å². The standard InChI is InChI=1S/C15H22BrFN2/c1-3-12-10-19(13(4-2)8-18-12)9-11-5-6-14(16)15(17)7-11/h5-7,12-13,18H,3-4,8-10H2,1-2H3. The molecule has 1 saturated heterocycles. The van der Waals surface area contributed by atoms with Gasteiger partial charge in [0.1, 0.15) is 5.82 Å². The Morgan fingerprint density at radius 3 is 2.79 bits per heavy atom. The van der Waals surface area contributed by atoms with Crippen LogP contribution in [0.2, 0.25) is 0 Å². The molecule has 1 heterocycles. The van der Waals surface area contributed by atoms with E-state index in [1.807, 2.05) is 6.07 Å². The summed E-state index contributed by atoms with van der Waals surface area (Å²) in [7, 11) is 0. The van der Waals surface area contributed by atoms with Crippen LogP contribution in [0.4, 0.5) is 4.39 Å². The number of nitrogens with one attached hydrogen (secondary N) is 1. The summed E-state index contributed by atoms with van der Waals surface area (Å²) in [4.78, 5) is 2.48. The van der Waals surface area contributed by atoms with E-state index in [4.69, 9.17) is 0 Å². The molecule has 0 aliphatic carbocycles. The van der Waals surface area contributed by atoms with Crippen LogP contribution in [0.15, 0.2) is 22.7 Å². The molecule has 2 unspecified atom stereocenters. The minimum Gasteiger partial charge on any atom is -0.311 e. The Balaban J connectivity index is 2.07. The second-order valence-electron chi connectivity index (χ2n) is 5.25. The van der Waals surface area contributed by atoms with Crippen LogP contribution in [0.5, 0.6) is 0 Å². The maximum atomic E-state index is 13.6. The van der Waals surface area contributed by atoms with Crippen molar-refractivity contribution in [1.29, 1.82) is 0 Å². The molecule has 1 aromatic rings. The zero-order chi connectivity index (χ0) is 13.8. The monoisotopic (exact) mass is 328 g/mol. The van der Waals surface area contributed by atoms with Crippen molar-refractivity contribution in [1.82, 2.24) is 10.2 Å². The zero-order valence-electron chi connectivity index (χ0n) is 11.6. The lowest BCUT2D eigenvalue weighted by Gasteiger charge is -2.40. The number of hydrogen-bond acceptors (Lipinski definition) is 2. The molecule has 1 aliphatic heterocycles. The Kier molecular flexibility index (Phi) is 5.37. The number of halogens is 2. The fourth-order valence-electron chi connectivity index (χ4n) is 2.67. The highest BCUT2D eigenvalue weighted by Gasteiger charge is 2.25. The lowest BCUT2D eigenvalue weighted by Crippen LogP contribution is -2.55. The Labute approximate surface area is 123 Å². The van der Waals surface area contributed by atoms with Crippen molar-refractivity contribution >= 4 is 15.9 Å². The van der Waals surface area contributed by atoms with E-state index in [0.29, 0.717) is 16.6 Å². The van der Waals surface area contributed by atoms with Crippen molar-refractivity contribution in [3.8, 4) is 0 Å². The second-order valence-corrected chi connectivity index (χ2v) is 6.11. The minimum absolute atomic E-state index is 0.173. The van der Waals surface area contributed by atoms with Crippen LogP contribution in [0.1, 0.15) is 32.3 Å². The van der Waals surface area contributed by atoms with Gasteiger partial charge in [0.2, 0.25) is 0 Å². The molecule has 0 bridgehead atoms. The number of hydrogen-bond donors (Lipinski definition) is 1. The summed E-state index contributed by atoms with van der Waals surface area (Å²) in [6.07, 6.45) is 2.27. The highest BCUT2D eigenvalue weighted by atomic mass is 79.9. The highest BCUT2D eigenvalue weighted by molar-refractivity contribution is 9.10. The third-order valence-electron chi connectivity index (χ3n) is 3.95. The smallest absolute Gasteiger partial charge is 0.137 e. The maximum absolute atomic E-state index is 13.6. The minimum atomic E-state index is -0.173. The summed E-state index contributed by atoms with van der Waals surface area (Å²) >= 11 is 3.20. The molecule has 2 rings (SSSR count). The topological polar surface area (TPSA) is 15.3 Å². The summed E-state index contributed by atoms with van der Waals surface area (Å²) in [5.41, 5.74) is 1.05. The van der Waals surface area contributed by atoms with Crippen molar-refractivity contribution in [2.75, 3.05) is 13.1 Å². The van der Waals surface area contributed by atoms with E-state index in [1.165, 1.54) is 0 Å². The fraction of sp³-hybridized carbons (Fsp3) is 0.600. The molecule has 1 N–H and O–H groups in total. The van der Waals surface area contributed by atoms with Crippen LogP contribution in [-0.4, -0.2) is 30.1 Å². The van der Waals surface area contributed by atoms with Crippen LogP contribution < -0.4 is 5.32 Å². The molecule has 2 nitrogen and oxygen atoms in total. The average molecular weight is 329 g/mol. The van der Waals surface area contributed by atoms with Crippen molar-refractivity contribution in [3.63, 3.8) is 0 Å². The van der Waals surface area contributed by atoms with Gasteiger partial charge in [0.05, 0.1) is 4.47 Å². The molecular weight excluding hydrogens is 307 g/mol. The summed E-state index contributed by atoms with van der Waals surface area (Å²) in [5.74, 6) is -0.173. The highest BCUT2D eigenvalue weighted by Crippen LogP contribution is 2.20. The quantitative estimate of drug-likeness (QED) is 0.909. The molecule has 0 radical (unpaired) electrons. The number of piperazine rings is 1. The van der Waals surface area contributed by atoms with E-state index >= 15 is 0 Å². The second kappa shape index (κ2) is 6.82. The lowest BCUT2D eigenvalue weighted by molar-refractivity contribution is 0.117. The van der Waals surface area contributed by atoms with Gasteiger partial charge in [0, 0.05) is 31.7 Å². The van der Waals surface area contributed by atoms with Gasteiger partial charge in [-0.1, -0.05) is 19.9 Å². The Hall–Kier alpha value is -0.450. The molecule has 2 atom stereocenters.